The number of carbonyl (C=O) groups is 1. The second kappa shape index (κ2) is 8.75. The molecule has 2 aromatic heterocycles. The van der Waals surface area contributed by atoms with E-state index in [1.165, 1.54) is 7.11 Å². The lowest BCUT2D eigenvalue weighted by atomic mass is 10.1. The molecule has 3 rings (SSSR count). The van der Waals surface area contributed by atoms with Crippen LogP contribution in [-0.4, -0.2) is 28.9 Å². The minimum absolute atomic E-state index is 0.0875. The van der Waals surface area contributed by atoms with Gasteiger partial charge in [0.25, 0.3) is 0 Å². The Morgan fingerprint density at radius 2 is 2.03 bits per heavy atom. The predicted molar refractivity (Wildman–Crippen MR) is 102 cm³/mol. The third-order valence-electron chi connectivity index (χ3n) is 4.13. The number of aromatic nitrogens is 3. The van der Waals surface area contributed by atoms with Gasteiger partial charge in [-0.25, -0.2) is 4.98 Å². The molecule has 9 heteroatoms. The SMILES string of the molecule is COc1ccc(-[n+]2noc([O-])c2C(=O)CSc2nc(C(C)C)ccc2C#N)cc1. The monoisotopic (exact) mass is 410 g/mol. The van der Waals surface area contributed by atoms with E-state index in [0.29, 0.717) is 22.0 Å². The summed E-state index contributed by atoms with van der Waals surface area (Å²) in [7, 11) is 1.54. The predicted octanol–water partition coefficient (Wildman–Crippen LogP) is 2.40. The largest absolute Gasteiger partial charge is 0.539 e. The second-order valence-corrected chi connectivity index (χ2v) is 7.35. The van der Waals surface area contributed by atoms with E-state index in [1.54, 1.807) is 36.4 Å². The first-order chi connectivity index (χ1) is 13.9. The van der Waals surface area contributed by atoms with Crippen LogP contribution in [0.4, 0.5) is 0 Å². The molecule has 0 unspecified atom stereocenters. The van der Waals surface area contributed by atoms with Crippen molar-refractivity contribution in [1.29, 1.82) is 5.26 Å². The van der Waals surface area contributed by atoms with E-state index in [2.05, 4.69) is 16.3 Å². The molecule has 0 spiro atoms. The Hall–Kier alpha value is -3.38. The zero-order chi connectivity index (χ0) is 21.0. The van der Waals surface area contributed by atoms with Crippen molar-refractivity contribution in [1.82, 2.24) is 10.3 Å². The van der Waals surface area contributed by atoms with Crippen molar-refractivity contribution in [3.8, 4) is 23.5 Å². The first-order valence-electron chi connectivity index (χ1n) is 8.75. The number of thioether (sulfide) groups is 1. The fraction of sp³-hybridized carbons (Fsp3) is 0.250. The van der Waals surface area contributed by atoms with Gasteiger partial charge in [0, 0.05) is 17.8 Å². The van der Waals surface area contributed by atoms with Gasteiger partial charge in [-0.05, 0) is 34.9 Å². The summed E-state index contributed by atoms with van der Waals surface area (Å²) in [5, 5.41) is 25.5. The van der Waals surface area contributed by atoms with Gasteiger partial charge in [0.15, 0.2) is 5.95 Å². The van der Waals surface area contributed by atoms with E-state index in [0.717, 1.165) is 22.1 Å². The van der Waals surface area contributed by atoms with Gasteiger partial charge in [-0.15, -0.1) is 0 Å². The molecule has 0 aliphatic carbocycles. The third kappa shape index (κ3) is 4.38. The number of ketones is 1. The molecule has 148 valence electrons. The number of ether oxygens (including phenoxy) is 1. The number of nitriles is 1. The molecule has 29 heavy (non-hydrogen) atoms. The van der Waals surface area contributed by atoms with Crippen LogP contribution >= 0.6 is 11.8 Å². The van der Waals surface area contributed by atoms with Crippen LogP contribution in [0.1, 0.15) is 41.5 Å². The Morgan fingerprint density at radius 1 is 1.31 bits per heavy atom. The highest BCUT2D eigenvalue weighted by molar-refractivity contribution is 8.00. The van der Waals surface area contributed by atoms with E-state index >= 15 is 0 Å². The number of carbonyl (C=O) groups excluding carboxylic acids is 1. The Bertz CT molecular complexity index is 1070. The summed E-state index contributed by atoms with van der Waals surface area (Å²) in [6.45, 7) is 3.99. The zero-order valence-corrected chi connectivity index (χ0v) is 16.9. The van der Waals surface area contributed by atoms with Crippen molar-refractivity contribution >= 4 is 17.5 Å². The average molecular weight is 410 g/mol. The van der Waals surface area contributed by atoms with E-state index in [4.69, 9.17) is 9.26 Å². The fourth-order valence-electron chi connectivity index (χ4n) is 2.55. The molecule has 2 heterocycles. The minimum atomic E-state index is -0.823. The van der Waals surface area contributed by atoms with E-state index < -0.39 is 11.7 Å². The molecule has 0 saturated carbocycles. The average Bonchev–Trinajstić information content (AvgIpc) is 3.13. The topological polar surface area (TPSA) is 116 Å². The molecule has 0 amide bonds. The number of hydrogen-bond donors (Lipinski definition) is 0. The molecule has 0 fully saturated rings. The number of rotatable bonds is 7. The highest BCUT2D eigenvalue weighted by Crippen LogP contribution is 2.25. The Kier molecular flexibility index (Phi) is 6.14. The minimum Gasteiger partial charge on any atom is -0.539 e. The van der Waals surface area contributed by atoms with Crippen LogP contribution in [0.5, 0.6) is 11.7 Å². The molecule has 8 nitrogen and oxygen atoms in total. The van der Waals surface area contributed by atoms with Crippen molar-refractivity contribution in [2.24, 2.45) is 0 Å². The fourth-order valence-corrected chi connectivity index (χ4v) is 3.40. The molecular weight excluding hydrogens is 392 g/mol. The lowest BCUT2D eigenvalue weighted by Crippen LogP contribution is -2.39. The number of methoxy groups -OCH3 is 1. The number of Topliss-reactive ketones (excluding diaryl/α,β-unsaturated/α-hetero) is 1. The summed E-state index contributed by atoms with van der Waals surface area (Å²) < 4.78 is 11.0. The molecule has 0 radical (unpaired) electrons. The van der Waals surface area contributed by atoms with Crippen LogP contribution in [0.3, 0.4) is 0 Å². The van der Waals surface area contributed by atoms with Crippen LogP contribution in [0, 0.1) is 11.3 Å². The van der Waals surface area contributed by atoms with Gasteiger partial charge in [0.1, 0.15) is 16.8 Å². The van der Waals surface area contributed by atoms with Gasteiger partial charge in [-0.2, -0.15) is 5.26 Å². The smallest absolute Gasteiger partial charge is 0.307 e. The van der Waals surface area contributed by atoms with Gasteiger partial charge in [0.05, 0.1) is 23.7 Å². The van der Waals surface area contributed by atoms with E-state index in [1.807, 2.05) is 13.8 Å². The number of benzene rings is 1. The van der Waals surface area contributed by atoms with Gasteiger partial charge in [0.2, 0.25) is 11.5 Å². The van der Waals surface area contributed by atoms with Crippen LogP contribution < -0.4 is 14.5 Å². The van der Waals surface area contributed by atoms with Crippen LogP contribution in [0.15, 0.2) is 45.9 Å². The summed E-state index contributed by atoms with van der Waals surface area (Å²) in [5.41, 5.74) is 1.49. The number of nitrogens with zero attached hydrogens (tertiary/aromatic N) is 4. The molecule has 0 aliphatic rings. The summed E-state index contributed by atoms with van der Waals surface area (Å²) in [6, 6.07) is 12.2. The maximum atomic E-state index is 12.8. The molecule has 0 N–H and O–H groups in total. The van der Waals surface area contributed by atoms with Crippen LogP contribution in [0.2, 0.25) is 0 Å². The van der Waals surface area contributed by atoms with Crippen LogP contribution in [0.25, 0.3) is 5.69 Å². The molecule has 0 bridgehead atoms. The zero-order valence-electron chi connectivity index (χ0n) is 16.1. The standard InChI is InChI=1S/C20H18N4O4S/c1-12(2)16-9-4-13(10-21)19(22-16)29-11-17(25)18-20(26)28-23-24(18)14-5-7-15(27-3)8-6-14/h4-9,12H,11H2,1-3H3. The Balaban J connectivity index is 1.85. The maximum absolute atomic E-state index is 12.8. The van der Waals surface area contributed by atoms with Gasteiger partial charge in [-0.3, -0.25) is 4.79 Å². The molecule has 0 aliphatic heterocycles. The third-order valence-corrected chi connectivity index (χ3v) is 5.12. The maximum Gasteiger partial charge on any atom is 0.307 e. The highest BCUT2D eigenvalue weighted by Gasteiger charge is 2.28. The summed E-state index contributed by atoms with van der Waals surface area (Å²) in [4.78, 5) is 17.2. The number of pyridine rings is 1. The second-order valence-electron chi connectivity index (χ2n) is 6.39. The quantitative estimate of drug-likeness (QED) is 0.331. The summed E-state index contributed by atoms with van der Waals surface area (Å²) in [5.74, 6) is -0.575. The lowest BCUT2D eigenvalue weighted by molar-refractivity contribution is -0.672. The van der Waals surface area contributed by atoms with Crippen molar-refractivity contribution in [2.45, 2.75) is 24.8 Å². The first kappa shape index (κ1) is 20.4. The molecule has 0 saturated heterocycles. The van der Waals surface area contributed by atoms with Crippen molar-refractivity contribution in [2.75, 3.05) is 12.9 Å². The molecular formula is C20H18N4O4S. The van der Waals surface area contributed by atoms with Crippen molar-refractivity contribution in [3.63, 3.8) is 0 Å². The van der Waals surface area contributed by atoms with Crippen molar-refractivity contribution < 1.29 is 23.8 Å². The van der Waals surface area contributed by atoms with E-state index in [9.17, 15) is 15.2 Å². The molecule has 1 aromatic carbocycles. The highest BCUT2D eigenvalue weighted by atomic mass is 32.2. The Morgan fingerprint density at radius 3 is 2.66 bits per heavy atom. The van der Waals surface area contributed by atoms with E-state index in [-0.39, 0.29) is 17.4 Å². The van der Waals surface area contributed by atoms with Crippen LogP contribution in [-0.2, 0) is 0 Å². The first-order valence-corrected chi connectivity index (χ1v) is 9.73. The van der Waals surface area contributed by atoms with Gasteiger partial charge < -0.3 is 14.4 Å². The Labute approximate surface area is 171 Å². The lowest BCUT2D eigenvalue weighted by Gasteiger charge is -2.08. The normalized spacial score (nSPS) is 10.7. The van der Waals surface area contributed by atoms with Crippen molar-refractivity contribution in [3.05, 3.63) is 53.3 Å². The molecule has 0 atom stereocenters. The number of hydrogen-bond acceptors (Lipinski definition) is 8. The van der Waals surface area contributed by atoms with Gasteiger partial charge in [-0.1, -0.05) is 25.6 Å². The summed E-state index contributed by atoms with van der Waals surface area (Å²) in [6.07, 6.45) is 0. The molecule has 3 aromatic rings. The summed E-state index contributed by atoms with van der Waals surface area (Å²) >= 11 is 1.10. The van der Waals surface area contributed by atoms with Gasteiger partial charge >= 0.3 is 5.69 Å².